The van der Waals surface area contributed by atoms with Crippen molar-refractivity contribution in [3.8, 4) is 17.9 Å². The largest absolute Gasteiger partial charge is 0.444 e. The zero-order chi connectivity index (χ0) is 81.2. The van der Waals surface area contributed by atoms with E-state index in [2.05, 4.69) is 97.8 Å². The van der Waals surface area contributed by atoms with Gasteiger partial charge in [0.25, 0.3) is 0 Å². The number of carbonyl (C=O) groups excluding carboxylic acids is 10. The zero-order valence-corrected chi connectivity index (χ0v) is 65.7. The molecule has 0 radical (unpaired) electrons. The first-order valence-corrected chi connectivity index (χ1v) is 38.6. The lowest BCUT2D eigenvalue weighted by Crippen LogP contribution is -2.41. The molecule has 8 aromatic heterocycles. The molecule has 0 bridgehead atoms. The third-order valence-electron chi connectivity index (χ3n) is 19.5. The summed E-state index contributed by atoms with van der Waals surface area (Å²) in [5.41, 5.74) is 7.94. The van der Waals surface area contributed by atoms with Crippen molar-refractivity contribution < 1.29 is 66.9 Å². The molecule has 0 aliphatic carbocycles. The quantitative estimate of drug-likeness (QED) is 0.0315. The number of para-hydroxylation sites is 1. The maximum absolute atomic E-state index is 12.6. The van der Waals surface area contributed by atoms with Crippen molar-refractivity contribution in [1.29, 1.82) is 5.26 Å². The number of hydrogen-bond donors (Lipinski definition) is 6. The first kappa shape index (κ1) is 80.3. The molecule has 4 atom stereocenters. The van der Waals surface area contributed by atoms with Gasteiger partial charge >= 0.3 is 12.2 Å². The van der Waals surface area contributed by atoms with Gasteiger partial charge in [0.15, 0.2) is 0 Å². The fourth-order valence-corrected chi connectivity index (χ4v) is 15.1. The third kappa shape index (κ3) is 18.5. The lowest BCUT2D eigenvalue weighted by atomic mass is 10.0. The van der Waals surface area contributed by atoms with Gasteiger partial charge in [-0.2, -0.15) is 5.26 Å². The molecule has 29 nitrogen and oxygen atoms in total. The Morgan fingerprint density at radius 2 is 0.870 bits per heavy atom. The summed E-state index contributed by atoms with van der Waals surface area (Å²) >= 11 is 3.57. The molecule has 4 aliphatic rings. The van der Waals surface area contributed by atoms with Crippen molar-refractivity contribution in [1.82, 2.24) is 70.1 Å². The summed E-state index contributed by atoms with van der Waals surface area (Å²) in [7, 11) is 0. The Morgan fingerprint density at radius 3 is 1.33 bits per heavy atom. The van der Waals surface area contributed by atoms with E-state index in [1.807, 2.05) is 142 Å². The minimum atomic E-state index is -0.540. The van der Waals surface area contributed by atoms with Crippen LogP contribution in [0, 0.1) is 23.2 Å². The van der Waals surface area contributed by atoms with E-state index in [0.29, 0.717) is 101 Å². The number of carbonyl (C=O) groups is 10. The van der Waals surface area contributed by atoms with Gasteiger partial charge in [-0.3, -0.25) is 59.6 Å². The Balaban J connectivity index is 0.000000136. The lowest BCUT2D eigenvalue weighted by Gasteiger charge is -2.23. The van der Waals surface area contributed by atoms with E-state index in [9.17, 15) is 47.9 Å². The van der Waals surface area contributed by atoms with Gasteiger partial charge in [-0.1, -0.05) is 36.1 Å². The Labute approximate surface area is 667 Å². The number of nitrogens with one attached hydrogen (secondary N) is 6. The molecular formula is C85H84BrN15O14. The van der Waals surface area contributed by atoms with Crippen LogP contribution in [0.4, 0.5) is 9.59 Å². The van der Waals surface area contributed by atoms with Gasteiger partial charge < -0.3 is 47.8 Å². The van der Waals surface area contributed by atoms with Crippen LogP contribution >= 0.6 is 15.9 Å². The summed E-state index contributed by atoms with van der Waals surface area (Å²) in [5, 5.41) is 31.8. The molecule has 4 fully saturated rings. The molecule has 4 aliphatic heterocycles. The second-order valence-electron chi connectivity index (χ2n) is 29.8. The van der Waals surface area contributed by atoms with Gasteiger partial charge in [0.2, 0.25) is 47.3 Å². The number of amides is 10. The molecule has 12 aromatic rings. The van der Waals surface area contributed by atoms with Crippen molar-refractivity contribution >= 4 is 163 Å². The molecular weight excluding hydrogens is 1530 g/mol. The normalized spacial score (nSPS) is 17.1. The first-order valence-electron chi connectivity index (χ1n) is 37.8. The molecule has 30 heteroatoms. The van der Waals surface area contributed by atoms with Gasteiger partial charge in [-0.15, -0.1) is 0 Å². The van der Waals surface area contributed by atoms with Gasteiger partial charge in [-0.25, -0.2) is 29.5 Å². The fraction of sp³-hybridized carbons (Fsp3) is 0.329. The average Bonchev–Trinajstić information content (AvgIpc) is 1.61. The van der Waals surface area contributed by atoms with Crippen LogP contribution < -0.4 is 31.9 Å². The summed E-state index contributed by atoms with van der Waals surface area (Å²) in [6, 6.07) is 39.0. The number of nitriles is 1. The minimum absolute atomic E-state index is 0.212. The van der Waals surface area contributed by atoms with Crippen LogP contribution in [-0.4, -0.2) is 148 Å². The third-order valence-corrected chi connectivity index (χ3v) is 20.2. The number of pyridine rings is 4. The number of aryl methyl sites for hydroxylation is 1. The Kier molecular flexibility index (Phi) is 24.5. The molecule has 12 heterocycles. The van der Waals surface area contributed by atoms with Crippen molar-refractivity contribution in [2.45, 2.75) is 141 Å². The number of halogens is 1. The molecule has 6 N–H and O–H groups in total. The molecule has 10 amide bonds. The van der Waals surface area contributed by atoms with Crippen molar-refractivity contribution in [2.75, 3.05) is 39.5 Å². The average molecular weight is 1620 g/mol. The topological polar surface area (TPSA) is 375 Å². The maximum Gasteiger partial charge on any atom is 0.407 e. The number of ether oxygens (including phenoxy) is 4. The van der Waals surface area contributed by atoms with Gasteiger partial charge in [-0.05, 0) is 199 Å². The van der Waals surface area contributed by atoms with E-state index >= 15 is 0 Å². The number of aromatic nitrogens is 8. The summed E-state index contributed by atoms with van der Waals surface area (Å²) in [5.74, 6) is 3.97. The summed E-state index contributed by atoms with van der Waals surface area (Å²) in [6.45, 7) is 13.1. The monoisotopic (exact) mass is 1620 g/mol. The molecule has 4 aromatic carbocycles. The van der Waals surface area contributed by atoms with Crippen molar-refractivity contribution in [3.63, 3.8) is 0 Å². The lowest BCUT2D eigenvalue weighted by molar-refractivity contribution is -0.137. The predicted molar refractivity (Wildman–Crippen MR) is 432 cm³/mol. The van der Waals surface area contributed by atoms with Gasteiger partial charge in [0.1, 0.15) is 64.6 Å². The summed E-state index contributed by atoms with van der Waals surface area (Å²) in [4.78, 5) is 137. The maximum atomic E-state index is 12.6. The highest BCUT2D eigenvalue weighted by atomic mass is 79.9. The van der Waals surface area contributed by atoms with E-state index in [-0.39, 0.29) is 53.9 Å². The molecule has 4 unspecified atom stereocenters. The summed E-state index contributed by atoms with van der Waals surface area (Å²) in [6.07, 6.45) is 10.6. The number of imide groups is 4. The molecule has 16 rings (SSSR count). The van der Waals surface area contributed by atoms with Crippen LogP contribution in [0.25, 0.3) is 87.7 Å². The second-order valence-corrected chi connectivity index (χ2v) is 30.7. The highest BCUT2D eigenvalue weighted by Crippen LogP contribution is 2.40. The SMILES string of the molecule is CC(C)(C)OC(=O)NCCOCC#Cc1ccc2c(c1)c1cccnc1n2C1CCC(=O)NC1=O.CC(C)(C)OC(=O)NCCOCCCc1ccc2c(c1)c1cccnc1n2C1CCC(=O)NC1=O.N#Cc1ccc2c(c1)c1cccnc1n2C1CCC(=O)NC1=O.O=C1CCC(n2c3ccccc3c3c(Br)ccnc32)C(=O)N1. The number of benzene rings is 4. The minimum Gasteiger partial charge on any atom is -0.444 e. The fourth-order valence-electron chi connectivity index (χ4n) is 14.6. The zero-order valence-electron chi connectivity index (χ0n) is 64.1. The van der Waals surface area contributed by atoms with Crippen molar-refractivity contribution in [3.05, 3.63) is 167 Å². The van der Waals surface area contributed by atoms with Crippen LogP contribution in [0.5, 0.6) is 0 Å². The molecule has 115 heavy (non-hydrogen) atoms. The van der Waals surface area contributed by atoms with Crippen LogP contribution in [0.15, 0.2) is 151 Å². The van der Waals surface area contributed by atoms with E-state index in [1.54, 1.807) is 51.6 Å². The highest BCUT2D eigenvalue weighted by Gasteiger charge is 2.36. The van der Waals surface area contributed by atoms with Crippen LogP contribution in [0.2, 0.25) is 0 Å². The van der Waals surface area contributed by atoms with Gasteiger partial charge in [0.05, 0.1) is 46.9 Å². The Morgan fingerprint density at radius 1 is 0.470 bits per heavy atom. The van der Waals surface area contributed by atoms with Crippen LogP contribution in [0.1, 0.15) is 140 Å². The Hall–Kier alpha value is -12.8. The number of piperidine rings is 4. The number of nitrogens with zero attached hydrogens (tertiary/aromatic N) is 9. The van der Waals surface area contributed by atoms with Crippen molar-refractivity contribution in [2.24, 2.45) is 0 Å². The van der Waals surface area contributed by atoms with E-state index in [1.165, 1.54) is 5.56 Å². The Bertz CT molecular complexity index is 5970. The number of alkyl carbamates (subject to hydrolysis) is 2. The molecule has 590 valence electrons. The van der Waals surface area contributed by atoms with Gasteiger partial charge in [0, 0.05) is 123 Å². The molecule has 0 spiro atoms. The molecule has 4 saturated heterocycles. The highest BCUT2D eigenvalue weighted by molar-refractivity contribution is 9.10. The van der Waals surface area contributed by atoms with E-state index < -0.39 is 47.6 Å². The molecule has 0 saturated carbocycles. The first-order chi connectivity index (χ1) is 55.3. The summed E-state index contributed by atoms with van der Waals surface area (Å²) < 4.78 is 30.1. The standard InChI is InChI=1S/C26H32N4O5.C26H28N4O5.C17H12N4O2.C16H12BrN3O2/c2*1-26(2,3)35-25(33)28-13-15-34-14-5-6-17-8-9-20-19(16-17)18-7-4-12-27-23(18)30(20)21-10-11-22(31)29-24(21)32;18-9-10-3-4-13-12(8-10)11-2-1-7-19-16(11)21(13)14-5-6-15(22)20-17(14)23;17-10-7-8-18-15-14(10)9-3-1-2-4-11(9)20(15)12-5-6-13(21)19-16(12)22/h4,7-9,12,16,21H,5-6,10-11,13-15H2,1-3H3,(H,28,33)(H,29,31,32);4,7-9,12,16,21H,10-11,13-15H2,1-3H3,(H,28,33)(H,29,31,32);1-4,7-8,14H,5-6H2,(H,20,22,23);1-4,7-8,12H,5-6H2,(H,19,21,22). The van der Waals surface area contributed by atoms with E-state index in [0.717, 1.165) is 99.3 Å². The smallest absolute Gasteiger partial charge is 0.407 e. The van der Waals surface area contributed by atoms with E-state index in [4.69, 9.17) is 24.2 Å². The predicted octanol–water partition coefficient (Wildman–Crippen LogP) is 11.7. The number of fused-ring (bicyclic) bond motifs is 12. The second kappa shape index (κ2) is 35.1. The number of hydrogen-bond acceptors (Lipinski definition) is 19. The van der Waals surface area contributed by atoms with Crippen LogP contribution in [0.3, 0.4) is 0 Å². The van der Waals surface area contributed by atoms with Crippen LogP contribution in [-0.2, 0) is 63.7 Å². The number of rotatable bonds is 15.